The van der Waals surface area contributed by atoms with Crippen LogP contribution >= 0.6 is 0 Å². The van der Waals surface area contributed by atoms with Crippen molar-refractivity contribution in [2.24, 2.45) is 0 Å². The highest BCUT2D eigenvalue weighted by Gasteiger charge is 2.08. The SMILES string of the molecule is COC(=O)c1cccc(Oc2nccnc2C)c1. The molecule has 5 nitrogen and oxygen atoms in total. The van der Waals surface area contributed by atoms with E-state index in [1.54, 1.807) is 43.6 Å². The first-order valence-corrected chi connectivity index (χ1v) is 5.34. The first-order valence-electron chi connectivity index (χ1n) is 5.34. The molecule has 0 unspecified atom stereocenters. The number of aromatic nitrogens is 2. The molecule has 0 amide bonds. The van der Waals surface area contributed by atoms with Gasteiger partial charge in [-0.3, -0.25) is 4.98 Å². The third kappa shape index (κ3) is 2.63. The molecule has 1 heterocycles. The van der Waals surface area contributed by atoms with Crippen LogP contribution in [0.1, 0.15) is 16.1 Å². The molecular weight excluding hydrogens is 232 g/mol. The molecule has 0 aliphatic rings. The lowest BCUT2D eigenvalue weighted by Crippen LogP contribution is -2.01. The van der Waals surface area contributed by atoms with Gasteiger partial charge in [-0.25, -0.2) is 9.78 Å². The summed E-state index contributed by atoms with van der Waals surface area (Å²) in [7, 11) is 1.34. The number of rotatable bonds is 3. The zero-order valence-corrected chi connectivity index (χ0v) is 10.1. The van der Waals surface area contributed by atoms with Crippen LogP contribution < -0.4 is 4.74 Å². The number of nitrogens with zero attached hydrogens (tertiary/aromatic N) is 2. The predicted molar refractivity (Wildman–Crippen MR) is 64.6 cm³/mol. The molecule has 0 saturated heterocycles. The monoisotopic (exact) mass is 244 g/mol. The number of ether oxygens (including phenoxy) is 2. The Bertz CT molecular complexity index is 570. The van der Waals surface area contributed by atoms with Crippen LogP contribution in [0.15, 0.2) is 36.7 Å². The molecule has 1 aromatic carbocycles. The van der Waals surface area contributed by atoms with Crippen LogP contribution in [0.25, 0.3) is 0 Å². The molecular formula is C13H12N2O3. The maximum absolute atomic E-state index is 11.4. The number of hydrogen-bond donors (Lipinski definition) is 0. The van der Waals surface area contributed by atoms with E-state index in [-0.39, 0.29) is 0 Å². The number of aryl methyl sites for hydroxylation is 1. The van der Waals surface area contributed by atoms with Crippen molar-refractivity contribution in [3.63, 3.8) is 0 Å². The minimum Gasteiger partial charge on any atom is -0.465 e. The van der Waals surface area contributed by atoms with Gasteiger partial charge in [0.2, 0.25) is 5.88 Å². The Morgan fingerprint density at radius 1 is 1.22 bits per heavy atom. The smallest absolute Gasteiger partial charge is 0.337 e. The second kappa shape index (κ2) is 5.27. The molecule has 0 spiro atoms. The average Bonchev–Trinajstić information content (AvgIpc) is 2.41. The van der Waals surface area contributed by atoms with Gasteiger partial charge < -0.3 is 9.47 Å². The molecule has 1 aromatic heterocycles. The summed E-state index contributed by atoms with van der Waals surface area (Å²) in [5.74, 6) is 0.525. The van der Waals surface area contributed by atoms with Gasteiger partial charge in [0.25, 0.3) is 0 Å². The maximum atomic E-state index is 11.4. The van der Waals surface area contributed by atoms with E-state index in [0.29, 0.717) is 22.9 Å². The van der Waals surface area contributed by atoms with Crippen LogP contribution in [0, 0.1) is 6.92 Å². The zero-order chi connectivity index (χ0) is 13.0. The van der Waals surface area contributed by atoms with Crippen molar-refractivity contribution in [2.45, 2.75) is 6.92 Å². The quantitative estimate of drug-likeness (QED) is 0.775. The molecule has 92 valence electrons. The van der Waals surface area contributed by atoms with Crippen molar-refractivity contribution in [1.82, 2.24) is 9.97 Å². The molecule has 5 heteroatoms. The zero-order valence-electron chi connectivity index (χ0n) is 10.1. The normalized spacial score (nSPS) is 9.89. The molecule has 0 N–H and O–H groups in total. The van der Waals surface area contributed by atoms with E-state index in [4.69, 9.17) is 4.74 Å². The molecule has 0 radical (unpaired) electrons. The lowest BCUT2D eigenvalue weighted by atomic mass is 10.2. The summed E-state index contributed by atoms with van der Waals surface area (Å²) in [6, 6.07) is 6.70. The van der Waals surface area contributed by atoms with Gasteiger partial charge in [-0.1, -0.05) is 6.07 Å². The topological polar surface area (TPSA) is 61.3 Å². The minimum atomic E-state index is -0.406. The van der Waals surface area contributed by atoms with Gasteiger partial charge in [-0.05, 0) is 25.1 Å². The van der Waals surface area contributed by atoms with E-state index in [9.17, 15) is 4.79 Å². The first-order chi connectivity index (χ1) is 8.70. The first kappa shape index (κ1) is 12.0. The van der Waals surface area contributed by atoms with Crippen molar-refractivity contribution in [1.29, 1.82) is 0 Å². The second-order valence-corrected chi connectivity index (χ2v) is 3.57. The van der Waals surface area contributed by atoms with Crippen LogP contribution in [0.2, 0.25) is 0 Å². The standard InChI is InChI=1S/C13H12N2O3/c1-9-12(15-7-6-14-9)18-11-5-3-4-10(8-11)13(16)17-2/h3-8H,1-2H3. The lowest BCUT2D eigenvalue weighted by Gasteiger charge is -2.07. The molecule has 0 fully saturated rings. The van der Waals surface area contributed by atoms with Gasteiger partial charge in [-0.15, -0.1) is 0 Å². The Labute approximate surface area is 104 Å². The fourth-order valence-corrected chi connectivity index (χ4v) is 1.41. The van der Waals surface area contributed by atoms with Crippen molar-refractivity contribution in [3.05, 3.63) is 47.9 Å². The van der Waals surface area contributed by atoms with Crippen molar-refractivity contribution in [2.75, 3.05) is 7.11 Å². The van der Waals surface area contributed by atoms with Crippen LogP contribution in [0.3, 0.4) is 0 Å². The molecule has 0 aliphatic heterocycles. The van der Waals surface area contributed by atoms with E-state index in [1.807, 2.05) is 0 Å². The molecule has 0 bridgehead atoms. The Balaban J connectivity index is 2.25. The summed E-state index contributed by atoms with van der Waals surface area (Å²) in [6.45, 7) is 1.80. The summed E-state index contributed by atoms with van der Waals surface area (Å²) in [5, 5.41) is 0. The fourth-order valence-electron chi connectivity index (χ4n) is 1.41. The Hall–Kier alpha value is -2.43. The number of hydrogen-bond acceptors (Lipinski definition) is 5. The third-order valence-electron chi connectivity index (χ3n) is 2.31. The highest BCUT2D eigenvalue weighted by molar-refractivity contribution is 5.89. The summed E-state index contributed by atoms with van der Waals surface area (Å²) in [4.78, 5) is 19.5. The average molecular weight is 244 g/mol. The molecule has 0 aliphatic carbocycles. The van der Waals surface area contributed by atoms with E-state index in [1.165, 1.54) is 7.11 Å². The molecule has 18 heavy (non-hydrogen) atoms. The summed E-state index contributed by atoms with van der Waals surface area (Å²) < 4.78 is 10.2. The minimum absolute atomic E-state index is 0.406. The highest BCUT2D eigenvalue weighted by Crippen LogP contribution is 2.22. The van der Waals surface area contributed by atoms with Gasteiger partial charge in [0, 0.05) is 12.4 Å². The maximum Gasteiger partial charge on any atom is 0.337 e. The number of benzene rings is 1. The van der Waals surface area contributed by atoms with Crippen molar-refractivity contribution >= 4 is 5.97 Å². The van der Waals surface area contributed by atoms with Gasteiger partial charge in [-0.2, -0.15) is 0 Å². The van der Waals surface area contributed by atoms with E-state index < -0.39 is 5.97 Å². The number of esters is 1. The summed E-state index contributed by atoms with van der Waals surface area (Å²) in [6.07, 6.45) is 3.14. The second-order valence-electron chi connectivity index (χ2n) is 3.57. The summed E-state index contributed by atoms with van der Waals surface area (Å²) >= 11 is 0. The van der Waals surface area contributed by atoms with E-state index >= 15 is 0 Å². The molecule has 0 atom stereocenters. The van der Waals surface area contributed by atoms with Gasteiger partial charge in [0.1, 0.15) is 5.75 Å². The van der Waals surface area contributed by atoms with Gasteiger partial charge in [0.15, 0.2) is 0 Å². The van der Waals surface area contributed by atoms with Gasteiger partial charge in [0.05, 0.1) is 18.4 Å². The number of carbonyl (C=O) groups is 1. The summed E-state index contributed by atoms with van der Waals surface area (Å²) in [5.41, 5.74) is 1.11. The number of carbonyl (C=O) groups excluding carboxylic acids is 1. The van der Waals surface area contributed by atoms with Crippen LogP contribution in [-0.4, -0.2) is 23.0 Å². The third-order valence-corrected chi connectivity index (χ3v) is 2.31. The van der Waals surface area contributed by atoms with Crippen LogP contribution in [0.5, 0.6) is 11.6 Å². The Kier molecular flexibility index (Phi) is 3.52. The molecule has 0 saturated carbocycles. The van der Waals surface area contributed by atoms with Crippen molar-refractivity contribution in [3.8, 4) is 11.6 Å². The highest BCUT2D eigenvalue weighted by atomic mass is 16.5. The van der Waals surface area contributed by atoms with Crippen molar-refractivity contribution < 1.29 is 14.3 Å². The fraction of sp³-hybridized carbons (Fsp3) is 0.154. The van der Waals surface area contributed by atoms with Gasteiger partial charge >= 0.3 is 5.97 Å². The number of methoxy groups -OCH3 is 1. The largest absolute Gasteiger partial charge is 0.465 e. The van der Waals surface area contributed by atoms with Crippen LogP contribution in [0.4, 0.5) is 0 Å². The van der Waals surface area contributed by atoms with E-state index in [2.05, 4.69) is 14.7 Å². The lowest BCUT2D eigenvalue weighted by molar-refractivity contribution is 0.0600. The predicted octanol–water partition coefficient (Wildman–Crippen LogP) is 2.36. The van der Waals surface area contributed by atoms with E-state index in [0.717, 1.165) is 0 Å². The molecule has 2 rings (SSSR count). The molecule has 2 aromatic rings. The Morgan fingerprint density at radius 2 is 2.00 bits per heavy atom. The Morgan fingerprint density at radius 3 is 2.72 bits per heavy atom. The van der Waals surface area contributed by atoms with Crippen LogP contribution in [-0.2, 0) is 4.74 Å².